The molecule has 0 radical (unpaired) electrons. The highest BCUT2D eigenvalue weighted by Gasteiger charge is 2.32. The molecule has 9 nitrogen and oxygen atoms in total. The number of aromatic nitrogens is 4. The molecule has 0 amide bonds. The van der Waals surface area contributed by atoms with Gasteiger partial charge in [-0.3, -0.25) is 4.79 Å². The van der Waals surface area contributed by atoms with E-state index >= 15 is 0 Å². The van der Waals surface area contributed by atoms with Crippen LogP contribution in [0.4, 0.5) is 0 Å². The zero-order valence-corrected chi connectivity index (χ0v) is 23.3. The molecule has 0 aliphatic carbocycles. The number of aryl methyl sites for hydroxylation is 1. The summed E-state index contributed by atoms with van der Waals surface area (Å²) in [6, 6.07) is 15.9. The number of fused-ring (bicyclic) bond motifs is 3. The van der Waals surface area contributed by atoms with Crippen molar-refractivity contribution in [1.29, 1.82) is 0 Å². The number of rotatable bonds is 8. The molecule has 5 rings (SSSR count). The molecule has 0 fully saturated rings. The summed E-state index contributed by atoms with van der Waals surface area (Å²) >= 11 is 6.44. The molecular formula is C29H33ClN4O5. The van der Waals surface area contributed by atoms with Gasteiger partial charge in [0.15, 0.2) is 11.5 Å². The highest BCUT2D eigenvalue weighted by atomic mass is 35.5. The van der Waals surface area contributed by atoms with Crippen molar-refractivity contribution < 1.29 is 23.7 Å². The van der Waals surface area contributed by atoms with Crippen LogP contribution < -0.4 is 9.47 Å². The van der Waals surface area contributed by atoms with Gasteiger partial charge >= 0.3 is 5.97 Å². The second-order valence-electron chi connectivity index (χ2n) is 8.75. The molecule has 1 aliphatic heterocycles. The van der Waals surface area contributed by atoms with Crippen molar-refractivity contribution in [2.75, 3.05) is 20.8 Å². The predicted octanol–water partition coefficient (Wildman–Crippen LogP) is 6.02. The number of esters is 1. The van der Waals surface area contributed by atoms with Crippen LogP contribution in [-0.4, -0.2) is 46.8 Å². The number of carbonyl (C=O) groups is 1. The van der Waals surface area contributed by atoms with E-state index in [1.54, 1.807) is 34.3 Å². The maximum atomic E-state index is 10.2. The Kier molecular flexibility index (Phi) is 9.62. The van der Waals surface area contributed by atoms with Crippen molar-refractivity contribution in [2.45, 2.75) is 45.3 Å². The number of nitrogens with zero attached hydrogens (tertiary/aromatic N) is 3. The first-order valence-electron chi connectivity index (χ1n) is 12.8. The summed E-state index contributed by atoms with van der Waals surface area (Å²) in [7, 11) is 3.27. The second kappa shape index (κ2) is 13.3. The lowest BCUT2D eigenvalue weighted by Gasteiger charge is -2.25. The molecule has 4 aromatic rings. The average Bonchev–Trinajstić information content (AvgIpc) is 3.64. The van der Waals surface area contributed by atoms with Gasteiger partial charge in [-0.05, 0) is 56.2 Å². The normalized spacial score (nSPS) is 15.7. The summed E-state index contributed by atoms with van der Waals surface area (Å²) in [4.78, 5) is 10.2. The number of halogens is 1. The molecule has 2 aromatic heterocycles. The van der Waals surface area contributed by atoms with Crippen molar-refractivity contribution in [3.8, 4) is 17.2 Å². The number of ether oxygens (including phenoxy) is 4. The van der Waals surface area contributed by atoms with E-state index in [9.17, 15) is 4.79 Å². The van der Waals surface area contributed by atoms with Gasteiger partial charge in [-0.15, -0.1) is 0 Å². The fourth-order valence-corrected chi connectivity index (χ4v) is 4.78. The Labute approximate surface area is 233 Å². The summed E-state index contributed by atoms with van der Waals surface area (Å²) in [5.74, 6) is 1.18. The van der Waals surface area contributed by atoms with E-state index in [1.807, 2.05) is 42.5 Å². The molecule has 206 valence electrons. The molecule has 0 bridgehead atoms. The molecule has 0 spiro atoms. The number of carbonyl (C=O) groups excluding carboxylic acids is 1. The molecule has 10 heteroatoms. The molecule has 3 heterocycles. The van der Waals surface area contributed by atoms with Gasteiger partial charge in [0.1, 0.15) is 6.10 Å². The standard InChI is InChI=1S/C24H23ClN4O3.C5H10O2/c1-30-22-7-3-5-17(24(22)31-2)23-18-13-15(25)8-10-19(18)29-12-4-6-20(29)21(32-23)11-9-16-14-26-28-27-16;1-3-5(6)7-4-2/h3-8,10,12-14,21,23H,9,11H2,1-2H3,(H,26,27,28);3-4H2,1-2H3/t21-,23-;/m1./s1. The first kappa shape index (κ1) is 28.2. The van der Waals surface area contributed by atoms with Crippen molar-refractivity contribution in [3.63, 3.8) is 0 Å². The van der Waals surface area contributed by atoms with Gasteiger partial charge in [0.05, 0.1) is 50.2 Å². The van der Waals surface area contributed by atoms with E-state index in [4.69, 9.17) is 25.8 Å². The van der Waals surface area contributed by atoms with Crippen LogP contribution in [-0.2, 0) is 20.7 Å². The minimum Gasteiger partial charge on any atom is -0.493 e. The minimum atomic E-state index is -0.407. The molecule has 1 aliphatic rings. The van der Waals surface area contributed by atoms with E-state index in [0.717, 1.165) is 41.0 Å². The van der Waals surface area contributed by atoms with Crippen LogP contribution >= 0.6 is 11.6 Å². The van der Waals surface area contributed by atoms with Gasteiger partial charge in [-0.25, -0.2) is 0 Å². The summed E-state index contributed by atoms with van der Waals surface area (Å²) in [6.07, 6.45) is 5.15. The van der Waals surface area contributed by atoms with E-state index in [2.05, 4.69) is 37.0 Å². The van der Waals surface area contributed by atoms with Crippen molar-refractivity contribution in [2.24, 2.45) is 0 Å². The van der Waals surface area contributed by atoms with Crippen molar-refractivity contribution in [3.05, 3.63) is 88.5 Å². The van der Waals surface area contributed by atoms with E-state index in [1.165, 1.54) is 0 Å². The minimum absolute atomic E-state index is 0.123. The second-order valence-corrected chi connectivity index (χ2v) is 9.19. The van der Waals surface area contributed by atoms with Crippen LogP contribution in [0.25, 0.3) is 5.69 Å². The molecule has 0 saturated heterocycles. The number of hydrogen-bond donors (Lipinski definition) is 1. The highest BCUT2D eigenvalue weighted by molar-refractivity contribution is 6.30. The van der Waals surface area contributed by atoms with Gasteiger partial charge < -0.3 is 23.5 Å². The maximum absolute atomic E-state index is 10.2. The summed E-state index contributed by atoms with van der Waals surface area (Å²) in [5.41, 5.74) is 4.83. The Morgan fingerprint density at radius 1 is 1.10 bits per heavy atom. The Hall–Kier alpha value is -3.82. The summed E-state index contributed by atoms with van der Waals surface area (Å²) < 4.78 is 24.9. The van der Waals surface area contributed by atoms with E-state index < -0.39 is 6.10 Å². The molecular weight excluding hydrogens is 520 g/mol. The van der Waals surface area contributed by atoms with Gasteiger partial charge in [0.25, 0.3) is 0 Å². The molecule has 0 saturated carbocycles. The SMILES string of the molecule is CCOC(=O)CC.COc1cccc([C@H]2O[C@H](CCc3cn[nH]n3)c3cccn3-c3ccc(Cl)cc32)c1OC. The van der Waals surface area contributed by atoms with Crippen molar-refractivity contribution in [1.82, 2.24) is 20.0 Å². The Morgan fingerprint density at radius 3 is 2.62 bits per heavy atom. The lowest BCUT2D eigenvalue weighted by atomic mass is 9.98. The topological polar surface area (TPSA) is 100 Å². The number of para-hydroxylation sites is 1. The zero-order chi connectivity index (χ0) is 27.8. The zero-order valence-electron chi connectivity index (χ0n) is 22.5. The smallest absolute Gasteiger partial charge is 0.305 e. The van der Waals surface area contributed by atoms with Crippen LogP contribution in [0.3, 0.4) is 0 Å². The van der Waals surface area contributed by atoms with E-state index in [-0.39, 0.29) is 12.1 Å². The fraction of sp³-hybridized carbons (Fsp3) is 0.345. The number of methoxy groups -OCH3 is 2. The number of H-pyrrole nitrogens is 1. The predicted molar refractivity (Wildman–Crippen MR) is 148 cm³/mol. The number of benzene rings is 2. The Balaban J connectivity index is 0.000000448. The molecule has 0 unspecified atom stereocenters. The number of nitrogens with one attached hydrogen (secondary N) is 1. The van der Waals surface area contributed by atoms with Gasteiger partial charge in [0, 0.05) is 28.8 Å². The number of aromatic amines is 1. The molecule has 39 heavy (non-hydrogen) atoms. The Morgan fingerprint density at radius 2 is 1.95 bits per heavy atom. The van der Waals surface area contributed by atoms with Crippen molar-refractivity contribution >= 4 is 17.6 Å². The fourth-order valence-electron chi connectivity index (χ4n) is 4.60. The first-order valence-corrected chi connectivity index (χ1v) is 13.2. The van der Waals surface area contributed by atoms with Crippen LogP contribution in [0.2, 0.25) is 5.02 Å². The quantitative estimate of drug-likeness (QED) is 0.267. The van der Waals surface area contributed by atoms with E-state index in [0.29, 0.717) is 29.5 Å². The highest BCUT2D eigenvalue weighted by Crippen LogP contribution is 2.46. The third-order valence-corrected chi connectivity index (χ3v) is 6.61. The average molecular weight is 553 g/mol. The first-order chi connectivity index (χ1) is 19.0. The molecule has 2 aromatic carbocycles. The van der Waals surface area contributed by atoms with Gasteiger partial charge in [-0.2, -0.15) is 15.4 Å². The summed E-state index contributed by atoms with van der Waals surface area (Å²) in [5, 5.41) is 11.4. The summed E-state index contributed by atoms with van der Waals surface area (Å²) in [6.45, 7) is 4.07. The Bertz CT molecular complexity index is 1370. The number of hydrogen-bond acceptors (Lipinski definition) is 7. The lowest BCUT2D eigenvalue weighted by Crippen LogP contribution is -2.13. The molecule has 1 N–H and O–H groups in total. The van der Waals surface area contributed by atoms with Crippen LogP contribution in [0, 0.1) is 0 Å². The largest absolute Gasteiger partial charge is 0.493 e. The van der Waals surface area contributed by atoms with Gasteiger partial charge in [0.2, 0.25) is 0 Å². The third kappa shape index (κ3) is 6.43. The lowest BCUT2D eigenvalue weighted by molar-refractivity contribution is -0.142. The van der Waals surface area contributed by atoms with Crippen LogP contribution in [0.5, 0.6) is 11.5 Å². The molecule has 2 atom stereocenters. The van der Waals surface area contributed by atoms with Crippen LogP contribution in [0.15, 0.2) is 60.9 Å². The third-order valence-electron chi connectivity index (χ3n) is 6.38. The monoisotopic (exact) mass is 552 g/mol. The van der Waals surface area contributed by atoms with Crippen LogP contribution in [0.1, 0.15) is 61.4 Å². The maximum Gasteiger partial charge on any atom is 0.305 e. The van der Waals surface area contributed by atoms with Gasteiger partial charge in [-0.1, -0.05) is 30.7 Å².